The van der Waals surface area contributed by atoms with Crippen LogP contribution in [0.4, 0.5) is 15.9 Å². The SMILES string of the molecule is Cc1cnc(NCCc2ccc(F)cc2C)c(N)c1. The Balaban J connectivity index is 1.96. The molecule has 0 radical (unpaired) electrons. The zero-order valence-electron chi connectivity index (χ0n) is 11.2. The Labute approximate surface area is 112 Å². The Hall–Kier alpha value is -2.10. The molecule has 2 rings (SSSR count). The number of nitrogens with one attached hydrogen (secondary N) is 1. The normalized spacial score (nSPS) is 10.5. The number of nitrogen functional groups attached to an aromatic ring is 1. The third kappa shape index (κ3) is 3.44. The summed E-state index contributed by atoms with van der Waals surface area (Å²) in [6.45, 7) is 4.58. The number of aromatic nitrogens is 1. The highest BCUT2D eigenvalue weighted by atomic mass is 19.1. The van der Waals surface area contributed by atoms with Crippen molar-refractivity contribution in [2.45, 2.75) is 20.3 Å². The van der Waals surface area contributed by atoms with Crippen LogP contribution in [-0.2, 0) is 6.42 Å². The number of benzene rings is 1. The van der Waals surface area contributed by atoms with Gasteiger partial charge in [-0.3, -0.25) is 0 Å². The molecular weight excluding hydrogens is 241 g/mol. The highest BCUT2D eigenvalue weighted by Gasteiger charge is 2.02. The molecule has 4 heteroatoms. The molecule has 0 saturated heterocycles. The zero-order valence-corrected chi connectivity index (χ0v) is 11.2. The van der Waals surface area contributed by atoms with Crippen molar-refractivity contribution in [3.05, 3.63) is 53.0 Å². The standard InChI is InChI=1S/C15H18FN3/c1-10-7-14(17)15(19-9-10)18-6-5-12-3-4-13(16)8-11(12)2/h3-4,7-9H,5-6,17H2,1-2H3,(H,18,19). The van der Waals surface area contributed by atoms with Crippen LogP contribution in [0.25, 0.3) is 0 Å². The molecular formula is C15H18FN3. The predicted molar refractivity (Wildman–Crippen MR) is 76.7 cm³/mol. The molecule has 1 aromatic heterocycles. The highest BCUT2D eigenvalue weighted by Crippen LogP contribution is 2.16. The highest BCUT2D eigenvalue weighted by molar-refractivity contribution is 5.61. The number of rotatable bonds is 4. The quantitative estimate of drug-likeness (QED) is 0.887. The Morgan fingerprint density at radius 1 is 1.26 bits per heavy atom. The number of hydrogen-bond acceptors (Lipinski definition) is 3. The molecule has 0 atom stereocenters. The van der Waals surface area contributed by atoms with Crippen molar-refractivity contribution in [1.29, 1.82) is 0 Å². The van der Waals surface area contributed by atoms with Crippen molar-refractivity contribution in [3.63, 3.8) is 0 Å². The van der Waals surface area contributed by atoms with Crippen molar-refractivity contribution < 1.29 is 4.39 Å². The monoisotopic (exact) mass is 259 g/mol. The summed E-state index contributed by atoms with van der Waals surface area (Å²) in [5.41, 5.74) is 9.65. The van der Waals surface area contributed by atoms with Crippen LogP contribution in [0.1, 0.15) is 16.7 Å². The minimum absolute atomic E-state index is 0.196. The summed E-state index contributed by atoms with van der Waals surface area (Å²) in [6.07, 6.45) is 2.59. The van der Waals surface area contributed by atoms with Gasteiger partial charge in [0.25, 0.3) is 0 Å². The van der Waals surface area contributed by atoms with Gasteiger partial charge in [-0.2, -0.15) is 0 Å². The lowest BCUT2D eigenvalue weighted by molar-refractivity contribution is 0.625. The molecule has 1 aromatic carbocycles. The fraction of sp³-hybridized carbons (Fsp3) is 0.267. The van der Waals surface area contributed by atoms with Gasteiger partial charge in [-0.1, -0.05) is 6.07 Å². The van der Waals surface area contributed by atoms with Crippen LogP contribution in [0, 0.1) is 19.7 Å². The minimum atomic E-state index is -0.196. The van der Waals surface area contributed by atoms with Gasteiger partial charge in [-0.25, -0.2) is 9.37 Å². The minimum Gasteiger partial charge on any atom is -0.396 e. The molecule has 0 amide bonds. The van der Waals surface area contributed by atoms with Gasteiger partial charge in [0.2, 0.25) is 0 Å². The van der Waals surface area contributed by atoms with Crippen LogP contribution < -0.4 is 11.1 Å². The molecule has 0 spiro atoms. The molecule has 0 fully saturated rings. The molecule has 3 nitrogen and oxygen atoms in total. The lowest BCUT2D eigenvalue weighted by atomic mass is 10.1. The average molecular weight is 259 g/mol. The lowest BCUT2D eigenvalue weighted by Gasteiger charge is -2.10. The molecule has 0 bridgehead atoms. The number of aryl methyl sites for hydroxylation is 2. The molecule has 0 saturated carbocycles. The van der Waals surface area contributed by atoms with E-state index in [-0.39, 0.29) is 5.82 Å². The number of nitrogens with two attached hydrogens (primary N) is 1. The van der Waals surface area contributed by atoms with Gasteiger partial charge in [0.15, 0.2) is 0 Å². The first-order valence-corrected chi connectivity index (χ1v) is 6.27. The van der Waals surface area contributed by atoms with E-state index in [0.717, 1.165) is 23.1 Å². The zero-order chi connectivity index (χ0) is 13.8. The molecule has 100 valence electrons. The van der Waals surface area contributed by atoms with Gasteiger partial charge in [-0.15, -0.1) is 0 Å². The van der Waals surface area contributed by atoms with Crippen LogP contribution >= 0.6 is 0 Å². The van der Waals surface area contributed by atoms with Gasteiger partial charge < -0.3 is 11.1 Å². The second-order valence-electron chi connectivity index (χ2n) is 4.70. The van der Waals surface area contributed by atoms with Gasteiger partial charge in [0.1, 0.15) is 11.6 Å². The van der Waals surface area contributed by atoms with E-state index in [1.807, 2.05) is 26.0 Å². The van der Waals surface area contributed by atoms with Gasteiger partial charge in [0.05, 0.1) is 5.69 Å². The smallest absolute Gasteiger partial charge is 0.149 e. The van der Waals surface area contributed by atoms with Crippen LogP contribution in [0.5, 0.6) is 0 Å². The van der Waals surface area contributed by atoms with Crippen molar-refractivity contribution in [1.82, 2.24) is 4.98 Å². The molecule has 19 heavy (non-hydrogen) atoms. The molecule has 0 aliphatic carbocycles. The number of anilines is 2. The lowest BCUT2D eigenvalue weighted by Crippen LogP contribution is -2.09. The fourth-order valence-corrected chi connectivity index (χ4v) is 1.99. The fourth-order valence-electron chi connectivity index (χ4n) is 1.99. The summed E-state index contributed by atoms with van der Waals surface area (Å²) < 4.78 is 13.0. The summed E-state index contributed by atoms with van der Waals surface area (Å²) >= 11 is 0. The average Bonchev–Trinajstić information content (AvgIpc) is 2.34. The summed E-state index contributed by atoms with van der Waals surface area (Å²) in [7, 11) is 0. The molecule has 3 N–H and O–H groups in total. The molecule has 0 aliphatic rings. The maximum atomic E-state index is 13.0. The van der Waals surface area contributed by atoms with Crippen molar-refractivity contribution in [3.8, 4) is 0 Å². The summed E-state index contributed by atoms with van der Waals surface area (Å²) in [4.78, 5) is 4.25. The first-order chi connectivity index (χ1) is 9.06. The van der Waals surface area contributed by atoms with Crippen LogP contribution in [0.2, 0.25) is 0 Å². The van der Waals surface area contributed by atoms with E-state index in [9.17, 15) is 4.39 Å². The largest absolute Gasteiger partial charge is 0.396 e. The summed E-state index contributed by atoms with van der Waals surface area (Å²) in [6, 6.07) is 6.74. The first-order valence-electron chi connectivity index (χ1n) is 6.27. The summed E-state index contributed by atoms with van der Waals surface area (Å²) in [5, 5.41) is 3.20. The van der Waals surface area contributed by atoms with E-state index >= 15 is 0 Å². The van der Waals surface area contributed by atoms with Crippen molar-refractivity contribution in [2.75, 3.05) is 17.6 Å². The van der Waals surface area contributed by atoms with Gasteiger partial charge >= 0.3 is 0 Å². The number of halogens is 1. The predicted octanol–water partition coefficient (Wildman–Crippen LogP) is 3.07. The van der Waals surface area contributed by atoms with E-state index in [0.29, 0.717) is 18.1 Å². The summed E-state index contributed by atoms with van der Waals surface area (Å²) in [5.74, 6) is 0.504. The topological polar surface area (TPSA) is 50.9 Å². The Morgan fingerprint density at radius 2 is 2.05 bits per heavy atom. The second-order valence-corrected chi connectivity index (χ2v) is 4.70. The number of nitrogens with zero attached hydrogens (tertiary/aromatic N) is 1. The van der Waals surface area contributed by atoms with E-state index in [1.165, 1.54) is 6.07 Å². The molecule has 0 aliphatic heterocycles. The third-order valence-corrected chi connectivity index (χ3v) is 3.05. The molecule has 1 heterocycles. The van der Waals surface area contributed by atoms with Crippen molar-refractivity contribution >= 4 is 11.5 Å². The van der Waals surface area contributed by atoms with Crippen LogP contribution in [0.3, 0.4) is 0 Å². The van der Waals surface area contributed by atoms with E-state index in [2.05, 4.69) is 10.3 Å². The molecule has 0 unspecified atom stereocenters. The maximum Gasteiger partial charge on any atom is 0.149 e. The van der Waals surface area contributed by atoms with E-state index in [1.54, 1.807) is 12.3 Å². The van der Waals surface area contributed by atoms with E-state index in [4.69, 9.17) is 5.73 Å². The Kier molecular flexibility index (Phi) is 4.00. The van der Waals surface area contributed by atoms with Crippen LogP contribution in [0.15, 0.2) is 30.5 Å². The van der Waals surface area contributed by atoms with E-state index < -0.39 is 0 Å². The Morgan fingerprint density at radius 3 is 2.74 bits per heavy atom. The first kappa shape index (κ1) is 13.3. The number of hydrogen-bond donors (Lipinski definition) is 2. The van der Waals surface area contributed by atoms with Crippen LogP contribution in [-0.4, -0.2) is 11.5 Å². The van der Waals surface area contributed by atoms with Gasteiger partial charge in [0, 0.05) is 12.7 Å². The maximum absolute atomic E-state index is 13.0. The second kappa shape index (κ2) is 5.69. The molecule has 2 aromatic rings. The third-order valence-electron chi connectivity index (χ3n) is 3.05. The van der Waals surface area contributed by atoms with Crippen molar-refractivity contribution in [2.24, 2.45) is 0 Å². The van der Waals surface area contributed by atoms with Gasteiger partial charge in [-0.05, 0) is 55.2 Å². The Bertz CT molecular complexity index is 530. The number of pyridine rings is 1.